The molecule has 0 saturated carbocycles. The van der Waals surface area contributed by atoms with Crippen LogP contribution in [0.15, 0.2) is 48.5 Å². The van der Waals surface area contributed by atoms with Crippen LogP contribution in [-0.2, 0) is 0 Å². The summed E-state index contributed by atoms with van der Waals surface area (Å²) >= 11 is 5.25. The zero-order valence-corrected chi connectivity index (χ0v) is 16.6. The third-order valence-corrected chi connectivity index (χ3v) is 3.99. The molecule has 1 amide bonds. The van der Waals surface area contributed by atoms with Crippen molar-refractivity contribution in [1.82, 2.24) is 5.32 Å². The first kappa shape index (κ1) is 20.7. The van der Waals surface area contributed by atoms with Gasteiger partial charge in [0.25, 0.3) is 5.91 Å². The van der Waals surface area contributed by atoms with E-state index in [0.29, 0.717) is 24.5 Å². The van der Waals surface area contributed by atoms with E-state index in [2.05, 4.69) is 17.6 Å². The maximum atomic E-state index is 12.6. The Hall–Kier alpha value is -2.60. The molecular formula is C21H26N2O3S. The second-order valence-electron chi connectivity index (χ2n) is 5.92. The number of anilines is 1. The van der Waals surface area contributed by atoms with E-state index in [0.717, 1.165) is 30.7 Å². The van der Waals surface area contributed by atoms with Crippen molar-refractivity contribution in [3.63, 3.8) is 0 Å². The van der Waals surface area contributed by atoms with Crippen LogP contribution in [-0.4, -0.2) is 24.2 Å². The lowest BCUT2D eigenvalue weighted by atomic mass is 10.2. The molecule has 2 N–H and O–H groups in total. The lowest BCUT2D eigenvalue weighted by molar-refractivity contribution is 0.0973. The van der Waals surface area contributed by atoms with Gasteiger partial charge in [0.2, 0.25) is 0 Å². The average Bonchev–Trinajstić information content (AvgIpc) is 2.67. The fourth-order valence-electron chi connectivity index (χ4n) is 2.45. The number of amides is 1. The summed E-state index contributed by atoms with van der Waals surface area (Å²) in [7, 11) is 0. The van der Waals surface area contributed by atoms with Crippen molar-refractivity contribution >= 4 is 28.9 Å². The van der Waals surface area contributed by atoms with E-state index in [-0.39, 0.29) is 11.0 Å². The van der Waals surface area contributed by atoms with Crippen molar-refractivity contribution in [3.8, 4) is 11.5 Å². The zero-order chi connectivity index (χ0) is 19.5. The molecule has 0 aliphatic heterocycles. The van der Waals surface area contributed by atoms with Gasteiger partial charge in [-0.25, -0.2) is 0 Å². The van der Waals surface area contributed by atoms with Crippen LogP contribution in [0.4, 0.5) is 5.69 Å². The first-order valence-electron chi connectivity index (χ1n) is 9.21. The quantitative estimate of drug-likeness (QED) is 0.480. The molecule has 0 radical (unpaired) electrons. The van der Waals surface area contributed by atoms with E-state index < -0.39 is 0 Å². The molecule has 5 nitrogen and oxygen atoms in total. The van der Waals surface area contributed by atoms with Crippen LogP contribution < -0.4 is 20.1 Å². The Balaban J connectivity index is 1.93. The van der Waals surface area contributed by atoms with Gasteiger partial charge < -0.3 is 14.8 Å². The van der Waals surface area contributed by atoms with Crippen LogP contribution >= 0.6 is 12.2 Å². The molecule has 2 aromatic rings. The largest absolute Gasteiger partial charge is 0.494 e. The first-order chi connectivity index (χ1) is 13.1. The molecule has 27 heavy (non-hydrogen) atoms. The number of carbonyl (C=O) groups excluding carboxylic acids is 1. The molecule has 0 bridgehead atoms. The van der Waals surface area contributed by atoms with Crippen molar-refractivity contribution in [2.24, 2.45) is 0 Å². The smallest absolute Gasteiger partial charge is 0.261 e. The van der Waals surface area contributed by atoms with Crippen molar-refractivity contribution < 1.29 is 14.3 Å². The van der Waals surface area contributed by atoms with E-state index in [1.165, 1.54) is 0 Å². The van der Waals surface area contributed by atoms with Crippen LogP contribution in [0.2, 0.25) is 0 Å². The standard InChI is InChI=1S/C21H26N2O3S/c1-3-5-8-15-26-19-10-7-6-9-18(19)20(24)23-21(27)22-16-11-13-17(14-12-16)25-4-2/h6-7,9-14H,3-5,8,15H2,1-2H3,(H2,22,23,24,27). The van der Waals surface area contributed by atoms with Crippen molar-refractivity contribution in [1.29, 1.82) is 0 Å². The fourth-order valence-corrected chi connectivity index (χ4v) is 2.66. The highest BCUT2D eigenvalue weighted by Gasteiger charge is 2.13. The number of hydrogen-bond donors (Lipinski definition) is 2. The molecule has 0 spiro atoms. The highest BCUT2D eigenvalue weighted by Crippen LogP contribution is 2.19. The fraction of sp³-hybridized carbons (Fsp3) is 0.333. The third kappa shape index (κ3) is 6.90. The number of thiocarbonyl (C=S) groups is 1. The maximum absolute atomic E-state index is 12.6. The van der Waals surface area contributed by atoms with Gasteiger partial charge in [-0.1, -0.05) is 31.9 Å². The van der Waals surface area contributed by atoms with Crippen molar-refractivity contribution in [2.75, 3.05) is 18.5 Å². The molecule has 0 unspecified atom stereocenters. The molecule has 0 fully saturated rings. The molecule has 144 valence electrons. The van der Waals surface area contributed by atoms with Gasteiger partial charge in [-0.05, 0) is 62.0 Å². The van der Waals surface area contributed by atoms with Gasteiger partial charge in [0.15, 0.2) is 5.11 Å². The minimum Gasteiger partial charge on any atom is -0.494 e. The monoisotopic (exact) mass is 386 g/mol. The number of para-hydroxylation sites is 1. The summed E-state index contributed by atoms with van der Waals surface area (Å²) in [6.45, 7) is 5.27. The normalized spacial score (nSPS) is 10.1. The molecule has 0 aliphatic rings. The topological polar surface area (TPSA) is 59.6 Å². The van der Waals surface area contributed by atoms with Crippen LogP contribution in [0.3, 0.4) is 0 Å². The van der Waals surface area contributed by atoms with Crippen molar-refractivity contribution in [2.45, 2.75) is 33.1 Å². The van der Waals surface area contributed by atoms with Gasteiger partial charge in [-0.2, -0.15) is 0 Å². The Labute approximate surface area is 166 Å². The van der Waals surface area contributed by atoms with E-state index >= 15 is 0 Å². The Bertz CT molecular complexity index is 747. The van der Waals surface area contributed by atoms with E-state index in [1.54, 1.807) is 18.2 Å². The summed E-state index contributed by atoms with van der Waals surface area (Å²) < 4.78 is 11.2. The van der Waals surface area contributed by atoms with E-state index in [1.807, 2.05) is 37.3 Å². The van der Waals surface area contributed by atoms with E-state index in [4.69, 9.17) is 21.7 Å². The van der Waals surface area contributed by atoms with Gasteiger partial charge in [0.1, 0.15) is 11.5 Å². The van der Waals surface area contributed by atoms with Crippen LogP contribution in [0.25, 0.3) is 0 Å². The first-order valence-corrected chi connectivity index (χ1v) is 9.62. The molecule has 0 aliphatic carbocycles. The summed E-state index contributed by atoms with van der Waals surface area (Å²) in [4.78, 5) is 12.6. The molecule has 2 rings (SSSR count). The minimum absolute atomic E-state index is 0.227. The average molecular weight is 387 g/mol. The molecule has 6 heteroatoms. The lowest BCUT2D eigenvalue weighted by Crippen LogP contribution is -2.34. The number of hydrogen-bond acceptors (Lipinski definition) is 4. The molecule has 0 aromatic heterocycles. The summed E-state index contributed by atoms with van der Waals surface area (Å²) in [5.41, 5.74) is 1.23. The highest BCUT2D eigenvalue weighted by atomic mass is 32.1. The van der Waals surface area contributed by atoms with Crippen molar-refractivity contribution in [3.05, 3.63) is 54.1 Å². The molecular weight excluding hydrogens is 360 g/mol. The number of carbonyl (C=O) groups is 1. The van der Waals surface area contributed by atoms with Gasteiger partial charge in [0, 0.05) is 5.69 Å². The van der Waals surface area contributed by atoms with Gasteiger partial charge in [0.05, 0.1) is 18.8 Å². The Kier molecular flexibility index (Phi) is 8.58. The molecule has 2 aromatic carbocycles. The Morgan fingerprint density at radius 2 is 1.74 bits per heavy atom. The highest BCUT2D eigenvalue weighted by molar-refractivity contribution is 7.80. The number of benzene rings is 2. The third-order valence-electron chi connectivity index (χ3n) is 3.79. The second kappa shape index (κ2) is 11.2. The molecule has 0 atom stereocenters. The van der Waals surface area contributed by atoms with E-state index in [9.17, 15) is 4.79 Å². The summed E-state index contributed by atoms with van der Waals surface area (Å²) in [5, 5.41) is 5.92. The van der Waals surface area contributed by atoms with Gasteiger partial charge >= 0.3 is 0 Å². The summed E-state index contributed by atoms with van der Waals surface area (Å²) in [6.07, 6.45) is 3.19. The SMILES string of the molecule is CCCCCOc1ccccc1C(=O)NC(=S)Nc1ccc(OCC)cc1. The summed E-state index contributed by atoms with van der Waals surface area (Å²) in [5.74, 6) is 1.05. The number of nitrogens with one attached hydrogen (secondary N) is 2. The van der Waals surface area contributed by atoms with Gasteiger partial charge in [-0.15, -0.1) is 0 Å². The number of rotatable bonds is 9. The molecule has 0 heterocycles. The predicted molar refractivity (Wildman–Crippen MR) is 113 cm³/mol. The lowest BCUT2D eigenvalue weighted by Gasteiger charge is -2.13. The summed E-state index contributed by atoms with van der Waals surface area (Å²) in [6, 6.07) is 14.5. The van der Waals surface area contributed by atoms with Crippen LogP contribution in [0.1, 0.15) is 43.5 Å². The molecule has 0 saturated heterocycles. The Morgan fingerprint density at radius 1 is 1.00 bits per heavy atom. The second-order valence-corrected chi connectivity index (χ2v) is 6.33. The number of unbranched alkanes of at least 4 members (excludes halogenated alkanes) is 2. The maximum Gasteiger partial charge on any atom is 0.261 e. The minimum atomic E-state index is -0.301. The van der Waals surface area contributed by atoms with Crippen LogP contribution in [0, 0.1) is 0 Å². The zero-order valence-electron chi connectivity index (χ0n) is 15.8. The Morgan fingerprint density at radius 3 is 2.44 bits per heavy atom. The van der Waals surface area contributed by atoms with Gasteiger partial charge in [-0.3, -0.25) is 10.1 Å². The number of ether oxygens (including phenoxy) is 2. The van der Waals surface area contributed by atoms with Crippen LogP contribution in [0.5, 0.6) is 11.5 Å². The predicted octanol–water partition coefficient (Wildman–Crippen LogP) is 4.78.